The van der Waals surface area contributed by atoms with Crippen molar-refractivity contribution < 1.29 is 14.5 Å². The van der Waals surface area contributed by atoms with Crippen LogP contribution in [0.4, 0.5) is 11.4 Å². The normalized spacial score (nSPS) is 17.7. The molecule has 1 saturated heterocycles. The van der Waals surface area contributed by atoms with Crippen LogP contribution in [0.1, 0.15) is 30.1 Å². The molecule has 1 aliphatic rings. The third kappa shape index (κ3) is 3.49. The van der Waals surface area contributed by atoms with Crippen molar-refractivity contribution in [1.82, 2.24) is 4.90 Å². The van der Waals surface area contributed by atoms with Gasteiger partial charge in [0.25, 0.3) is 11.6 Å². The predicted molar refractivity (Wildman–Crippen MR) is 78.1 cm³/mol. The van der Waals surface area contributed by atoms with Gasteiger partial charge in [-0.25, -0.2) is 0 Å². The Bertz CT molecular complexity index is 541. The van der Waals surface area contributed by atoms with Gasteiger partial charge in [-0.2, -0.15) is 0 Å². The molecule has 114 valence electrons. The Hall–Kier alpha value is -2.15. The van der Waals surface area contributed by atoms with E-state index in [2.05, 4.69) is 0 Å². The summed E-state index contributed by atoms with van der Waals surface area (Å²) in [6.45, 7) is 3.63. The van der Waals surface area contributed by atoms with E-state index < -0.39 is 4.92 Å². The first-order chi connectivity index (χ1) is 10.0. The average Bonchev–Trinajstić information content (AvgIpc) is 2.97. The van der Waals surface area contributed by atoms with Gasteiger partial charge in [-0.1, -0.05) is 0 Å². The Morgan fingerprint density at radius 3 is 2.90 bits per heavy atom. The first kappa shape index (κ1) is 15.2. The van der Waals surface area contributed by atoms with Gasteiger partial charge in [0.05, 0.1) is 11.0 Å². The van der Waals surface area contributed by atoms with Crippen molar-refractivity contribution >= 4 is 17.3 Å². The van der Waals surface area contributed by atoms with E-state index in [0.29, 0.717) is 13.1 Å². The van der Waals surface area contributed by atoms with Crippen LogP contribution in [0.5, 0.6) is 0 Å². The van der Waals surface area contributed by atoms with E-state index in [0.717, 1.165) is 19.4 Å². The third-order valence-electron chi connectivity index (χ3n) is 3.59. The Labute approximate surface area is 122 Å². The second-order valence-electron chi connectivity index (χ2n) is 5.01. The zero-order chi connectivity index (χ0) is 15.4. The van der Waals surface area contributed by atoms with Crippen LogP contribution in [0.3, 0.4) is 0 Å². The van der Waals surface area contributed by atoms with Crippen molar-refractivity contribution in [1.29, 1.82) is 0 Å². The lowest BCUT2D eigenvalue weighted by Crippen LogP contribution is -2.37. The second-order valence-corrected chi connectivity index (χ2v) is 5.01. The highest BCUT2D eigenvalue weighted by Gasteiger charge is 2.24. The van der Waals surface area contributed by atoms with E-state index in [1.54, 1.807) is 4.90 Å². The van der Waals surface area contributed by atoms with Crippen LogP contribution >= 0.6 is 0 Å². The Balaban J connectivity index is 2.16. The van der Waals surface area contributed by atoms with E-state index in [4.69, 9.17) is 10.5 Å². The number of amides is 1. The summed E-state index contributed by atoms with van der Waals surface area (Å²) in [6.07, 6.45) is 1.99. The maximum atomic E-state index is 12.5. The SMILES string of the molecule is CCN(CC1CCCO1)C(=O)c1ccc(N)c([N+](=O)[O-])c1. The van der Waals surface area contributed by atoms with Gasteiger partial charge in [-0.3, -0.25) is 14.9 Å². The van der Waals surface area contributed by atoms with Crippen molar-refractivity contribution in [2.24, 2.45) is 0 Å². The molecular formula is C14H19N3O4. The summed E-state index contributed by atoms with van der Waals surface area (Å²) in [5.74, 6) is -0.240. The smallest absolute Gasteiger partial charge is 0.292 e. The van der Waals surface area contributed by atoms with Crippen molar-refractivity contribution in [3.8, 4) is 0 Å². The molecule has 1 heterocycles. The molecule has 7 heteroatoms. The fraction of sp³-hybridized carbons (Fsp3) is 0.500. The fourth-order valence-corrected chi connectivity index (χ4v) is 2.41. The number of nitrogens with two attached hydrogens (primary N) is 1. The maximum Gasteiger partial charge on any atom is 0.292 e. The monoisotopic (exact) mass is 293 g/mol. The molecule has 1 amide bonds. The zero-order valence-corrected chi connectivity index (χ0v) is 11.9. The minimum Gasteiger partial charge on any atom is -0.393 e. The molecule has 0 aromatic heterocycles. The Kier molecular flexibility index (Phi) is 4.74. The molecule has 21 heavy (non-hydrogen) atoms. The first-order valence-electron chi connectivity index (χ1n) is 6.97. The highest BCUT2D eigenvalue weighted by molar-refractivity contribution is 5.95. The number of hydrogen-bond acceptors (Lipinski definition) is 5. The Morgan fingerprint density at radius 1 is 1.57 bits per heavy atom. The number of carbonyl (C=O) groups excluding carboxylic acids is 1. The van der Waals surface area contributed by atoms with E-state index in [1.165, 1.54) is 18.2 Å². The molecule has 2 rings (SSSR count). The molecular weight excluding hydrogens is 274 g/mol. The number of ether oxygens (including phenoxy) is 1. The van der Waals surface area contributed by atoms with E-state index in [9.17, 15) is 14.9 Å². The predicted octanol–water partition coefficient (Wildman–Crippen LogP) is 1.82. The molecule has 7 nitrogen and oxygen atoms in total. The van der Waals surface area contributed by atoms with Crippen LogP contribution in [-0.2, 0) is 4.74 Å². The van der Waals surface area contributed by atoms with Gasteiger partial charge in [-0.05, 0) is 31.9 Å². The number of nitro groups is 1. The number of carbonyl (C=O) groups is 1. The average molecular weight is 293 g/mol. The second kappa shape index (κ2) is 6.53. The summed E-state index contributed by atoms with van der Waals surface area (Å²) in [5.41, 5.74) is 5.63. The lowest BCUT2D eigenvalue weighted by Gasteiger charge is -2.24. The topological polar surface area (TPSA) is 98.7 Å². The fourth-order valence-electron chi connectivity index (χ4n) is 2.41. The highest BCUT2D eigenvalue weighted by atomic mass is 16.6. The van der Waals surface area contributed by atoms with Crippen LogP contribution in [0.2, 0.25) is 0 Å². The minimum atomic E-state index is -0.581. The number of nitrogen functional groups attached to an aromatic ring is 1. The van der Waals surface area contributed by atoms with Crippen molar-refractivity contribution in [3.05, 3.63) is 33.9 Å². The summed E-state index contributed by atoms with van der Waals surface area (Å²) < 4.78 is 5.53. The molecule has 1 aromatic rings. The molecule has 2 N–H and O–H groups in total. The van der Waals surface area contributed by atoms with E-state index >= 15 is 0 Å². The van der Waals surface area contributed by atoms with Gasteiger partial charge in [0, 0.05) is 31.3 Å². The number of nitrogens with zero attached hydrogens (tertiary/aromatic N) is 2. The summed E-state index contributed by atoms with van der Waals surface area (Å²) in [6, 6.07) is 4.14. The minimum absolute atomic E-state index is 0.0534. The largest absolute Gasteiger partial charge is 0.393 e. The standard InChI is InChI=1S/C14H19N3O4/c1-2-16(9-11-4-3-7-21-11)14(18)10-5-6-12(15)13(8-10)17(19)20/h5-6,8,11H,2-4,7,9,15H2,1H3. The number of rotatable bonds is 5. The molecule has 1 atom stereocenters. The van der Waals surface area contributed by atoms with Crippen LogP contribution in [0, 0.1) is 10.1 Å². The summed E-state index contributed by atoms with van der Waals surface area (Å²) >= 11 is 0. The first-order valence-corrected chi connectivity index (χ1v) is 6.97. The van der Waals surface area contributed by atoms with E-state index in [1.807, 2.05) is 6.92 Å². The van der Waals surface area contributed by atoms with Crippen LogP contribution in [0.25, 0.3) is 0 Å². The summed E-state index contributed by atoms with van der Waals surface area (Å²) in [5, 5.41) is 10.9. The molecule has 0 radical (unpaired) electrons. The molecule has 0 bridgehead atoms. The van der Waals surface area contributed by atoms with Crippen molar-refractivity contribution in [2.45, 2.75) is 25.9 Å². The number of anilines is 1. The number of nitro benzene ring substituents is 1. The zero-order valence-electron chi connectivity index (χ0n) is 11.9. The summed E-state index contributed by atoms with van der Waals surface area (Å²) in [7, 11) is 0. The molecule has 0 spiro atoms. The highest BCUT2D eigenvalue weighted by Crippen LogP contribution is 2.23. The quantitative estimate of drug-likeness (QED) is 0.507. The molecule has 0 aliphatic carbocycles. The van der Waals surface area contributed by atoms with E-state index in [-0.39, 0.29) is 28.9 Å². The molecule has 1 unspecified atom stereocenters. The molecule has 1 aliphatic heterocycles. The van der Waals surface area contributed by atoms with Gasteiger partial charge < -0.3 is 15.4 Å². The van der Waals surface area contributed by atoms with Gasteiger partial charge in [0.15, 0.2) is 0 Å². The summed E-state index contributed by atoms with van der Waals surface area (Å²) in [4.78, 5) is 24.4. The van der Waals surface area contributed by atoms with Gasteiger partial charge in [0.1, 0.15) is 5.69 Å². The van der Waals surface area contributed by atoms with Crippen LogP contribution in [-0.4, -0.2) is 41.5 Å². The maximum absolute atomic E-state index is 12.5. The van der Waals surface area contributed by atoms with Crippen molar-refractivity contribution in [3.63, 3.8) is 0 Å². The van der Waals surface area contributed by atoms with Gasteiger partial charge >= 0.3 is 0 Å². The van der Waals surface area contributed by atoms with Gasteiger partial charge in [-0.15, -0.1) is 0 Å². The number of benzene rings is 1. The molecule has 1 fully saturated rings. The molecule has 0 saturated carbocycles. The van der Waals surface area contributed by atoms with Crippen LogP contribution in [0.15, 0.2) is 18.2 Å². The van der Waals surface area contributed by atoms with Crippen LogP contribution < -0.4 is 5.73 Å². The molecule has 1 aromatic carbocycles. The third-order valence-corrected chi connectivity index (χ3v) is 3.59. The van der Waals surface area contributed by atoms with Gasteiger partial charge in [0.2, 0.25) is 0 Å². The lowest BCUT2D eigenvalue weighted by atomic mass is 10.1. The number of hydrogen-bond donors (Lipinski definition) is 1. The lowest BCUT2D eigenvalue weighted by molar-refractivity contribution is -0.383. The van der Waals surface area contributed by atoms with Crippen molar-refractivity contribution in [2.75, 3.05) is 25.4 Å². The number of likely N-dealkylation sites (N-methyl/N-ethyl adjacent to an activating group) is 1. The Morgan fingerprint density at radius 2 is 2.33 bits per heavy atom.